The number of carbonyl (C=O) groups excluding carboxylic acids is 1. The third kappa shape index (κ3) is 3.88. The van der Waals surface area contributed by atoms with Crippen LogP contribution in [0.1, 0.15) is 30.9 Å². The summed E-state index contributed by atoms with van der Waals surface area (Å²) < 4.78 is 7.57. The number of benzene rings is 1. The van der Waals surface area contributed by atoms with Crippen LogP contribution in [0.15, 0.2) is 36.9 Å². The van der Waals surface area contributed by atoms with Gasteiger partial charge in [0.25, 0.3) is 0 Å². The van der Waals surface area contributed by atoms with Crippen molar-refractivity contribution in [3.8, 4) is 5.75 Å². The van der Waals surface area contributed by atoms with Gasteiger partial charge in [0.15, 0.2) is 0 Å². The standard InChI is InChI=1S/C17H22N4O2/c1-14-5-2-3-7-16(14)23-10-8-17(22)20-9-4-6-15(11-20)21-13-18-12-19-21/h2-3,5,7,12-13,15H,4,6,8-11H2,1H3/t15-/m0/s1. The fraction of sp³-hybridized carbons (Fsp3) is 0.471. The summed E-state index contributed by atoms with van der Waals surface area (Å²) in [7, 11) is 0. The van der Waals surface area contributed by atoms with Gasteiger partial charge in [0.2, 0.25) is 5.91 Å². The summed E-state index contributed by atoms with van der Waals surface area (Å²) in [4.78, 5) is 18.3. The lowest BCUT2D eigenvalue weighted by atomic mass is 10.1. The summed E-state index contributed by atoms with van der Waals surface area (Å²) in [6, 6.07) is 8.09. The van der Waals surface area contributed by atoms with Crippen molar-refractivity contribution in [2.45, 2.75) is 32.2 Å². The van der Waals surface area contributed by atoms with E-state index in [2.05, 4.69) is 10.1 Å². The fourth-order valence-electron chi connectivity index (χ4n) is 2.93. The van der Waals surface area contributed by atoms with Crippen LogP contribution in [-0.2, 0) is 4.79 Å². The highest BCUT2D eigenvalue weighted by Crippen LogP contribution is 2.21. The second kappa shape index (κ2) is 7.26. The number of amides is 1. The first-order valence-electron chi connectivity index (χ1n) is 8.04. The maximum Gasteiger partial charge on any atom is 0.226 e. The first-order chi connectivity index (χ1) is 11.2. The number of hydrogen-bond acceptors (Lipinski definition) is 4. The van der Waals surface area contributed by atoms with Crippen molar-refractivity contribution in [2.24, 2.45) is 0 Å². The molecule has 0 spiro atoms. The maximum atomic E-state index is 12.4. The molecule has 1 fully saturated rings. The maximum absolute atomic E-state index is 12.4. The third-order valence-corrected chi connectivity index (χ3v) is 4.23. The van der Waals surface area contributed by atoms with Crippen LogP contribution in [0.4, 0.5) is 0 Å². The van der Waals surface area contributed by atoms with Gasteiger partial charge in [-0.3, -0.25) is 4.79 Å². The van der Waals surface area contributed by atoms with Crippen molar-refractivity contribution >= 4 is 5.91 Å². The van der Waals surface area contributed by atoms with Gasteiger partial charge in [-0.1, -0.05) is 18.2 Å². The lowest BCUT2D eigenvalue weighted by Gasteiger charge is -2.32. The summed E-state index contributed by atoms with van der Waals surface area (Å²) in [5.74, 6) is 0.989. The highest BCUT2D eigenvalue weighted by atomic mass is 16.5. The molecule has 2 aromatic rings. The molecule has 0 saturated carbocycles. The molecule has 1 aromatic carbocycles. The van der Waals surface area contributed by atoms with Gasteiger partial charge >= 0.3 is 0 Å². The Labute approximate surface area is 136 Å². The van der Waals surface area contributed by atoms with Gasteiger partial charge in [0.05, 0.1) is 19.1 Å². The van der Waals surface area contributed by atoms with Gasteiger partial charge in [0.1, 0.15) is 18.4 Å². The van der Waals surface area contributed by atoms with Crippen molar-refractivity contribution in [2.75, 3.05) is 19.7 Å². The molecule has 0 unspecified atom stereocenters. The number of carbonyl (C=O) groups is 1. The van der Waals surface area contributed by atoms with Gasteiger partial charge in [-0.25, -0.2) is 9.67 Å². The van der Waals surface area contributed by atoms with Crippen LogP contribution in [0.2, 0.25) is 0 Å². The number of nitrogens with zero attached hydrogens (tertiary/aromatic N) is 4. The van der Waals surface area contributed by atoms with Crippen LogP contribution >= 0.6 is 0 Å². The summed E-state index contributed by atoms with van der Waals surface area (Å²) in [5.41, 5.74) is 1.09. The molecule has 1 saturated heterocycles. The van der Waals surface area contributed by atoms with Crippen LogP contribution in [-0.4, -0.2) is 45.3 Å². The van der Waals surface area contributed by atoms with Gasteiger partial charge in [-0.15, -0.1) is 0 Å². The van der Waals surface area contributed by atoms with E-state index in [1.807, 2.05) is 40.8 Å². The molecule has 6 heteroatoms. The molecule has 3 rings (SSSR count). The number of rotatable bonds is 5. The zero-order chi connectivity index (χ0) is 16.1. The zero-order valence-corrected chi connectivity index (χ0v) is 13.4. The Balaban J connectivity index is 1.49. The van der Waals surface area contributed by atoms with E-state index in [-0.39, 0.29) is 11.9 Å². The molecule has 1 atom stereocenters. The van der Waals surface area contributed by atoms with E-state index in [1.165, 1.54) is 6.33 Å². The number of ether oxygens (including phenoxy) is 1. The largest absolute Gasteiger partial charge is 0.493 e. The summed E-state index contributed by atoms with van der Waals surface area (Å²) in [6.07, 6.45) is 5.69. The molecule has 1 aliphatic rings. The number of hydrogen-bond donors (Lipinski definition) is 0. The van der Waals surface area contributed by atoms with Crippen molar-refractivity contribution in [3.63, 3.8) is 0 Å². The molecule has 0 N–H and O–H groups in total. The Hall–Kier alpha value is -2.37. The van der Waals surface area contributed by atoms with Gasteiger partial charge in [0, 0.05) is 13.1 Å². The Morgan fingerprint density at radius 3 is 3.04 bits per heavy atom. The zero-order valence-electron chi connectivity index (χ0n) is 13.4. The highest BCUT2D eigenvalue weighted by Gasteiger charge is 2.24. The monoisotopic (exact) mass is 314 g/mol. The van der Waals surface area contributed by atoms with E-state index >= 15 is 0 Å². The SMILES string of the molecule is Cc1ccccc1OCCC(=O)N1CCC[C@H](n2cncn2)C1. The molecule has 0 bridgehead atoms. The van der Waals surface area contributed by atoms with Crippen LogP contribution in [0.25, 0.3) is 0 Å². The average Bonchev–Trinajstić information content (AvgIpc) is 3.11. The van der Waals surface area contributed by atoms with Crippen LogP contribution in [0, 0.1) is 6.92 Å². The lowest BCUT2D eigenvalue weighted by Crippen LogP contribution is -2.41. The number of piperidine rings is 1. The second-order valence-corrected chi connectivity index (χ2v) is 5.88. The number of aromatic nitrogens is 3. The van der Waals surface area contributed by atoms with Gasteiger partial charge < -0.3 is 9.64 Å². The minimum atomic E-state index is 0.142. The third-order valence-electron chi connectivity index (χ3n) is 4.23. The van der Waals surface area contributed by atoms with Gasteiger partial charge in [-0.05, 0) is 31.4 Å². The minimum Gasteiger partial charge on any atom is -0.493 e. The van der Waals surface area contributed by atoms with E-state index in [0.717, 1.165) is 30.7 Å². The molecule has 122 valence electrons. The fourth-order valence-corrected chi connectivity index (χ4v) is 2.93. The van der Waals surface area contributed by atoms with E-state index in [0.29, 0.717) is 19.6 Å². The van der Waals surface area contributed by atoms with Crippen molar-refractivity contribution in [1.82, 2.24) is 19.7 Å². The van der Waals surface area contributed by atoms with Crippen LogP contribution in [0.3, 0.4) is 0 Å². The number of aryl methyl sites for hydroxylation is 1. The number of likely N-dealkylation sites (tertiary alicyclic amines) is 1. The summed E-state index contributed by atoms with van der Waals surface area (Å²) in [5, 5.41) is 4.19. The van der Waals surface area contributed by atoms with Crippen LogP contribution < -0.4 is 4.74 Å². The molecule has 0 aliphatic carbocycles. The summed E-state index contributed by atoms with van der Waals surface area (Å²) in [6.45, 7) is 3.93. The molecule has 23 heavy (non-hydrogen) atoms. The highest BCUT2D eigenvalue weighted by molar-refractivity contribution is 5.76. The molecular weight excluding hydrogens is 292 g/mol. The molecule has 6 nitrogen and oxygen atoms in total. The molecule has 1 aliphatic heterocycles. The predicted octanol–water partition coefficient (Wildman–Crippen LogP) is 2.22. The van der Waals surface area contributed by atoms with E-state index in [9.17, 15) is 4.79 Å². The normalized spacial score (nSPS) is 18.0. The molecular formula is C17H22N4O2. The molecule has 1 aromatic heterocycles. The van der Waals surface area contributed by atoms with E-state index in [4.69, 9.17) is 4.74 Å². The van der Waals surface area contributed by atoms with Crippen LogP contribution in [0.5, 0.6) is 5.75 Å². The van der Waals surface area contributed by atoms with Crippen molar-refractivity contribution in [3.05, 3.63) is 42.5 Å². The number of para-hydroxylation sites is 1. The van der Waals surface area contributed by atoms with Gasteiger partial charge in [-0.2, -0.15) is 5.10 Å². The Bertz CT molecular complexity index is 642. The Kier molecular flexibility index (Phi) is 4.90. The first-order valence-corrected chi connectivity index (χ1v) is 8.04. The molecule has 0 radical (unpaired) electrons. The van der Waals surface area contributed by atoms with E-state index in [1.54, 1.807) is 6.33 Å². The second-order valence-electron chi connectivity index (χ2n) is 5.88. The quantitative estimate of drug-likeness (QED) is 0.849. The van der Waals surface area contributed by atoms with E-state index < -0.39 is 0 Å². The smallest absolute Gasteiger partial charge is 0.226 e. The average molecular weight is 314 g/mol. The minimum absolute atomic E-state index is 0.142. The molecule has 2 heterocycles. The molecule has 1 amide bonds. The Morgan fingerprint density at radius 2 is 2.26 bits per heavy atom. The summed E-state index contributed by atoms with van der Waals surface area (Å²) >= 11 is 0. The predicted molar refractivity (Wildman–Crippen MR) is 86.2 cm³/mol. The Morgan fingerprint density at radius 1 is 1.39 bits per heavy atom. The topological polar surface area (TPSA) is 60.2 Å². The van der Waals surface area contributed by atoms with Crippen molar-refractivity contribution < 1.29 is 9.53 Å². The lowest BCUT2D eigenvalue weighted by molar-refractivity contribution is -0.133. The van der Waals surface area contributed by atoms with Crippen molar-refractivity contribution in [1.29, 1.82) is 0 Å². The first kappa shape index (κ1) is 15.5.